The van der Waals surface area contributed by atoms with Crippen molar-refractivity contribution in [3.63, 3.8) is 0 Å². The van der Waals surface area contributed by atoms with Crippen molar-refractivity contribution in [2.45, 2.75) is 51.4 Å². The summed E-state index contributed by atoms with van der Waals surface area (Å²) in [6.07, 6.45) is 3.78. The van der Waals surface area contributed by atoms with Gasteiger partial charge in [0.2, 0.25) is 5.91 Å². The van der Waals surface area contributed by atoms with Crippen molar-refractivity contribution in [2.75, 3.05) is 13.1 Å². The third-order valence-corrected chi connectivity index (χ3v) is 6.16. The van der Waals surface area contributed by atoms with Crippen LogP contribution in [-0.4, -0.2) is 50.0 Å². The van der Waals surface area contributed by atoms with E-state index in [0.29, 0.717) is 30.7 Å². The molecule has 2 bridgehead atoms. The highest BCUT2D eigenvalue weighted by atomic mass is 19.1. The molecule has 1 unspecified atom stereocenters. The van der Waals surface area contributed by atoms with E-state index in [4.69, 9.17) is 0 Å². The SMILES string of the molecule is CC(C)(O)c1cn(C[C@H]2C[C@H]3CCN2C[C@@H]3C(=O)NCc2ccc(F)cc2)nn1. The number of aromatic nitrogens is 3. The molecular weight excluding hydrogens is 373 g/mol. The van der Waals surface area contributed by atoms with E-state index in [1.165, 1.54) is 12.1 Å². The number of amides is 1. The fourth-order valence-electron chi connectivity index (χ4n) is 4.43. The van der Waals surface area contributed by atoms with Crippen LogP contribution in [0.25, 0.3) is 0 Å². The van der Waals surface area contributed by atoms with Gasteiger partial charge in [-0.15, -0.1) is 5.10 Å². The third-order valence-electron chi connectivity index (χ3n) is 6.16. The number of hydrogen-bond donors (Lipinski definition) is 2. The second-order valence-corrected chi connectivity index (χ2v) is 8.77. The molecule has 3 saturated heterocycles. The van der Waals surface area contributed by atoms with E-state index in [2.05, 4.69) is 20.5 Å². The molecule has 2 N–H and O–H groups in total. The standard InChI is InChI=1S/C21H28FN5O2/c1-21(2,29)19-13-27(25-24-19)11-17-9-15-7-8-26(17)12-18(15)20(28)23-10-14-3-5-16(22)6-4-14/h3-6,13,15,17-18,29H,7-12H2,1-2H3,(H,23,28)/t15-,17-,18+/m1/s1. The predicted octanol–water partition coefficient (Wildman–Crippen LogP) is 1.67. The van der Waals surface area contributed by atoms with E-state index in [0.717, 1.165) is 31.5 Å². The Balaban J connectivity index is 1.33. The van der Waals surface area contributed by atoms with Crippen LogP contribution in [0.4, 0.5) is 4.39 Å². The molecule has 3 aliphatic heterocycles. The van der Waals surface area contributed by atoms with Crippen LogP contribution in [0.15, 0.2) is 30.5 Å². The number of piperidine rings is 3. The Bertz CT molecular complexity index is 861. The Morgan fingerprint density at radius 2 is 2.10 bits per heavy atom. The topological polar surface area (TPSA) is 83.3 Å². The maximum atomic E-state index is 13.0. The lowest BCUT2D eigenvalue weighted by Gasteiger charge is -2.49. The summed E-state index contributed by atoms with van der Waals surface area (Å²) in [4.78, 5) is 15.1. The summed E-state index contributed by atoms with van der Waals surface area (Å²) in [5.74, 6) is 0.150. The van der Waals surface area contributed by atoms with Crippen molar-refractivity contribution < 1.29 is 14.3 Å². The van der Waals surface area contributed by atoms with Crippen molar-refractivity contribution >= 4 is 5.91 Å². The molecular formula is C21H28FN5O2. The number of benzene rings is 1. The molecule has 1 amide bonds. The quantitative estimate of drug-likeness (QED) is 0.769. The van der Waals surface area contributed by atoms with Crippen molar-refractivity contribution in [1.29, 1.82) is 0 Å². The molecule has 5 rings (SSSR count). The first-order chi connectivity index (χ1) is 13.8. The molecule has 0 aliphatic carbocycles. The lowest BCUT2D eigenvalue weighted by atomic mass is 9.75. The predicted molar refractivity (Wildman–Crippen MR) is 105 cm³/mol. The van der Waals surface area contributed by atoms with Gasteiger partial charge in [-0.1, -0.05) is 17.3 Å². The summed E-state index contributed by atoms with van der Waals surface area (Å²) in [6, 6.07) is 6.54. The van der Waals surface area contributed by atoms with Gasteiger partial charge in [0.25, 0.3) is 0 Å². The second-order valence-electron chi connectivity index (χ2n) is 8.77. The molecule has 3 aliphatic rings. The molecule has 0 saturated carbocycles. The Kier molecular flexibility index (Phi) is 5.40. The summed E-state index contributed by atoms with van der Waals surface area (Å²) in [7, 11) is 0. The van der Waals surface area contributed by atoms with Gasteiger partial charge in [0.1, 0.15) is 17.1 Å². The minimum Gasteiger partial charge on any atom is -0.384 e. The first-order valence-corrected chi connectivity index (χ1v) is 10.2. The maximum absolute atomic E-state index is 13.0. The normalized spacial score (nSPS) is 26.5. The van der Waals surface area contributed by atoms with Gasteiger partial charge in [0, 0.05) is 19.1 Å². The number of carbonyl (C=O) groups is 1. The van der Waals surface area contributed by atoms with Gasteiger partial charge in [0.05, 0.1) is 18.7 Å². The zero-order chi connectivity index (χ0) is 20.6. The van der Waals surface area contributed by atoms with Gasteiger partial charge < -0.3 is 10.4 Å². The molecule has 0 spiro atoms. The number of fused-ring (bicyclic) bond motifs is 3. The van der Waals surface area contributed by atoms with Crippen molar-refractivity contribution in [1.82, 2.24) is 25.2 Å². The largest absolute Gasteiger partial charge is 0.384 e. The van der Waals surface area contributed by atoms with Crippen LogP contribution in [0.5, 0.6) is 0 Å². The van der Waals surface area contributed by atoms with Gasteiger partial charge in [-0.05, 0) is 56.8 Å². The lowest BCUT2D eigenvalue weighted by molar-refractivity contribution is -0.133. The molecule has 4 atom stereocenters. The van der Waals surface area contributed by atoms with E-state index in [9.17, 15) is 14.3 Å². The van der Waals surface area contributed by atoms with Crippen LogP contribution in [0.3, 0.4) is 0 Å². The molecule has 156 valence electrons. The highest BCUT2D eigenvalue weighted by Gasteiger charge is 2.43. The average Bonchev–Trinajstić information content (AvgIpc) is 3.17. The zero-order valence-electron chi connectivity index (χ0n) is 16.9. The van der Waals surface area contributed by atoms with Crippen molar-refractivity contribution in [3.05, 3.63) is 47.5 Å². The van der Waals surface area contributed by atoms with Crippen molar-refractivity contribution in [3.8, 4) is 0 Å². The van der Waals surface area contributed by atoms with Gasteiger partial charge >= 0.3 is 0 Å². The van der Waals surface area contributed by atoms with Crippen LogP contribution in [-0.2, 0) is 23.5 Å². The molecule has 1 aromatic carbocycles. The van der Waals surface area contributed by atoms with Gasteiger partial charge in [-0.25, -0.2) is 4.39 Å². The van der Waals surface area contributed by atoms with Gasteiger partial charge in [-0.2, -0.15) is 0 Å². The highest BCUT2D eigenvalue weighted by Crippen LogP contribution is 2.37. The summed E-state index contributed by atoms with van der Waals surface area (Å²) in [6.45, 7) is 6.26. The van der Waals surface area contributed by atoms with Crippen LogP contribution in [0.2, 0.25) is 0 Å². The Morgan fingerprint density at radius 1 is 1.34 bits per heavy atom. The first kappa shape index (κ1) is 20.0. The molecule has 1 aromatic heterocycles. The van der Waals surface area contributed by atoms with Crippen LogP contribution in [0.1, 0.15) is 37.9 Å². The second kappa shape index (κ2) is 7.84. The van der Waals surface area contributed by atoms with E-state index >= 15 is 0 Å². The Morgan fingerprint density at radius 3 is 2.72 bits per heavy atom. The number of nitrogens with zero attached hydrogens (tertiary/aromatic N) is 4. The highest BCUT2D eigenvalue weighted by molar-refractivity contribution is 5.79. The van der Waals surface area contributed by atoms with Crippen molar-refractivity contribution in [2.24, 2.45) is 11.8 Å². The number of aliphatic hydroxyl groups is 1. The van der Waals surface area contributed by atoms with E-state index in [-0.39, 0.29) is 17.6 Å². The fourth-order valence-corrected chi connectivity index (χ4v) is 4.43. The summed E-state index contributed by atoms with van der Waals surface area (Å²) >= 11 is 0. The van der Waals surface area contributed by atoms with E-state index < -0.39 is 5.60 Å². The third kappa shape index (κ3) is 4.48. The molecule has 29 heavy (non-hydrogen) atoms. The van der Waals surface area contributed by atoms with E-state index in [1.807, 2.05) is 0 Å². The average molecular weight is 401 g/mol. The molecule has 4 heterocycles. The minimum absolute atomic E-state index is 0.0110. The van der Waals surface area contributed by atoms with Crippen LogP contribution in [0, 0.1) is 17.7 Å². The minimum atomic E-state index is -1.00. The smallest absolute Gasteiger partial charge is 0.224 e. The number of carbonyl (C=O) groups excluding carboxylic acids is 1. The molecule has 3 fully saturated rings. The van der Waals surface area contributed by atoms with Gasteiger partial charge in [-0.3, -0.25) is 14.4 Å². The summed E-state index contributed by atoms with van der Waals surface area (Å²) in [5, 5.41) is 21.3. The number of halogens is 1. The molecule has 8 heteroatoms. The number of rotatable bonds is 6. The molecule has 0 radical (unpaired) electrons. The maximum Gasteiger partial charge on any atom is 0.224 e. The monoisotopic (exact) mass is 401 g/mol. The zero-order valence-corrected chi connectivity index (χ0v) is 16.9. The number of hydrogen-bond acceptors (Lipinski definition) is 5. The van der Waals surface area contributed by atoms with E-state index in [1.54, 1.807) is 36.9 Å². The first-order valence-electron chi connectivity index (χ1n) is 10.2. The Labute approximate surface area is 169 Å². The molecule has 7 nitrogen and oxygen atoms in total. The Hall–Kier alpha value is -2.32. The summed E-state index contributed by atoms with van der Waals surface area (Å²) in [5.41, 5.74) is 0.455. The summed E-state index contributed by atoms with van der Waals surface area (Å²) < 4.78 is 14.8. The number of nitrogens with one attached hydrogen (secondary N) is 1. The molecule has 2 aromatic rings. The fraction of sp³-hybridized carbons (Fsp3) is 0.571. The lowest BCUT2D eigenvalue weighted by Crippen LogP contribution is -2.58. The van der Waals surface area contributed by atoms with Gasteiger partial charge in [0.15, 0.2) is 0 Å². The van der Waals surface area contributed by atoms with Crippen LogP contribution < -0.4 is 5.32 Å². The van der Waals surface area contributed by atoms with Crippen LogP contribution >= 0.6 is 0 Å².